The lowest BCUT2D eigenvalue weighted by Gasteiger charge is -2.28. The molecule has 0 aliphatic carbocycles. The molecule has 0 bridgehead atoms. The third-order valence-corrected chi connectivity index (χ3v) is 12.0. The number of fused-ring (bicyclic) bond motifs is 7. The fourth-order valence-corrected chi connectivity index (χ4v) is 9.48. The lowest BCUT2D eigenvalue weighted by molar-refractivity contribution is 0.669. The van der Waals surface area contributed by atoms with Gasteiger partial charge in [-0.3, -0.25) is 0 Å². The predicted octanol–water partition coefficient (Wildman–Crippen LogP) is 15.6. The Labute approximate surface area is 322 Å². The Morgan fingerprint density at radius 1 is 0.345 bits per heavy atom. The number of hydrogen-bond acceptors (Lipinski definition) is 3. The molecule has 0 unspecified atom stereocenters. The molecule has 11 aromatic rings. The van der Waals surface area contributed by atoms with Crippen LogP contribution >= 0.6 is 11.3 Å². The van der Waals surface area contributed by atoms with Crippen LogP contribution in [0.25, 0.3) is 86.3 Å². The standard InChI is InChI=1S/C52H33NOS/c1-3-14-34(15-4-1)38-30-31-47(41-19-8-7-18-40(38)41)53(48-23-13-22-45-42-20-9-11-24-49(42)54-52(45)48)37-27-29-39(35-16-5-2-6-17-35)46(33-37)36-26-28-44-43-21-10-12-25-50(43)55-51(44)32-36/h1-33H. The molecular weight excluding hydrogens is 687 g/mol. The molecule has 0 fully saturated rings. The van der Waals surface area contributed by atoms with Crippen LogP contribution in [0.2, 0.25) is 0 Å². The molecule has 0 amide bonds. The lowest BCUT2D eigenvalue weighted by Crippen LogP contribution is -2.11. The van der Waals surface area contributed by atoms with Gasteiger partial charge >= 0.3 is 0 Å². The topological polar surface area (TPSA) is 16.4 Å². The quantitative estimate of drug-likeness (QED) is 0.170. The van der Waals surface area contributed by atoms with Crippen LogP contribution in [-0.4, -0.2) is 0 Å². The molecule has 2 heterocycles. The second-order valence-electron chi connectivity index (χ2n) is 14.0. The van der Waals surface area contributed by atoms with Gasteiger partial charge in [-0.1, -0.05) is 158 Å². The van der Waals surface area contributed by atoms with Gasteiger partial charge in [-0.2, -0.15) is 0 Å². The van der Waals surface area contributed by atoms with E-state index < -0.39 is 0 Å². The van der Waals surface area contributed by atoms with Crippen LogP contribution in [0, 0.1) is 0 Å². The average molecular weight is 720 g/mol. The van der Waals surface area contributed by atoms with E-state index in [1.165, 1.54) is 58.9 Å². The summed E-state index contributed by atoms with van der Waals surface area (Å²) in [6.07, 6.45) is 0. The molecule has 11 rings (SSSR count). The minimum Gasteiger partial charge on any atom is -0.454 e. The van der Waals surface area contributed by atoms with E-state index in [-0.39, 0.29) is 0 Å². The van der Waals surface area contributed by atoms with E-state index in [9.17, 15) is 0 Å². The first-order chi connectivity index (χ1) is 27.3. The number of thiophene rings is 1. The summed E-state index contributed by atoms with van der Waals surface area (Å²) in [5.74, 6) is 0. The molecule has 0 aliphatic rings. The summed E-state index contributed by atoms with van der Waals surface area (Å²) < 4.78 is 9.35. The second kappa shape index (κ2) is 12.9. The third kappa shape index (κ3) is 5.24. The molecule has 0 radical (unpaired) electrons. The van der Waals surface area contributed by atoms with Crippen LogP contribution in [0.4, 0.5) is 17.1 Å². The number of hydrogen-bond donors (Lipinski definition) is 0. The predicted molar refractivity (Wildman–Crippen MR) is 235 cm³/mol. The molecule has 0 saturated heterocycles. The summed E-state index contributed by atoms with van der Waals surface area (Å²) in [7, 11) is 0. The van der Waals surface area contributed by atoms with Gasteiger partial charge in [0.15, 0.2) is 5.58 Å². The Bertz CT molecular complexity index is 3210. The second-order valence-corrected chi connectivity index (χ2v) is 15.1. The van der Waals surface area contributed by atoms with Crippen LogP contribution in [0.5, 0.6) is 0 Å². The maximum absolute atomic E-state index is 6.76. The van der Waals surface area contributed by atoms with Gasteiger partial charge < -0.3 is 9.32 Å². The SMILES string of the molecule is c1ccc(-c2ccc(N(c3ccc(-c4ccccc4)c4ccccc34)c3cccc4c3oc3ccccc34)cc2-c2ccc3c(c2)sc2ccccc23)cc1. The van der Waals surface area contributed by atoms with E-state index in [1.807, 2.05) is 17.4 Å². The monoisotopic (exact) mass is 719 g/mol. The first kappa shape index (κ1) is 31.6. The highest BCUT2D eigenvalue weighted by Crippen LogP contribution is 2.48. The van der Waals surface area contributed by atoms with Crippen molar-refractivity contribution in [1.29, 1.82) is 0 Å². The summed E-state index contributed by atoms with van der Waals surface area (Å²) in [5.41, 5.74) is 12.0. The van der Waals surface area contributed by atoms with Gasteiger partial charge in [0.1, 0.15) is 5.58 Å². The van der Waals surface area contributed by atoms with Gasteiger partial charge in [0.2, 0.25) is 0 Å². The maximum atomic E-state index is 6.76. The van der Waals surface area contributed by atoms with Gasteiger partial charge in [-0.05, 0) is 81.2 Å². The van der Waals surface area contributed by atoms with Crippen molar-refractivity contribution in [3.8, 4) is 33.4 Å². The van der Waals surface area contributed by atoms with E-state index in [1.54, 1.807) is 0 Å². The van der Waals surface area contributed by atoms with Crippen molar-refractivity contribution in [3.05, 3.63) is 200 Å². The van der Waals surface area contributed by atoms with Gasteiger partial charge in [0.05, 0.1) is 11.4 Å². The zero-order valence-electron chi connectivity index (χ0n) is 29.8. The highest BCUT2D eigenvalue weighted by Gasteiger charge is 2.23. The Kier molecular flexibility index (Phi) is 7.39. The molecule has 258 valence electrons. The molecule has 3 heteroatoms. The fourth-order valence-electron chi connectivity index (χ4n) is 8.34. The summed E-state index contributed by atoms with van der Waals surface area (Å²) in [5, 5.41) is 7.17. The van der Waals surface area contributed by atoms with Crippen molar-refractivity contribution in [1.82, 2.24) is 0 Å². The minimum atomic E-state index is 0.861. The number of nitrogens with zero attached hydrogens (tertiary/aromatic N) is 1. The molecule has 0 saturated carbocycles. The molecule has 0 aliphatic heterocycles. The summed E-state index contributed by atoms with van der Waals surface area (Å²) in [6.45, 7) is 0. The van der Waals surface area contributed by atoms with Crippen molar-refractivity contribution < 1.29 is 4.42 Å². The van der Waals surface area contributed by atoms with Gasteiger partial charge in [0, 0.05) is 42.0 Å². The van der Waals surface area contributed by atoms with E-state index >= 15 is 0 Å². The highest BCUT2D eigenvalue weighted by molar-refractivity contribution is 7.25. The average Bonchev–Trinajstić information content (AvgIpc) is 3.83. The highest BCUT2D eigenvalue weighted by atomic mass is 32.1. The van der Waals surface area contributed by atoms with Gasteiger partial charge in [-0.25, -0.2) is 0 Å². The van der Waals surface area contributed by atoms with Crippen molar-refractivity contribution in [2.45, 2.75) is 0 Å². The first-order valence-electron chi connectivity index (χ1n) is 18.7. The Morgan fingerprint density at radius 3 is 1.80 bits per heavy atom. The Hall–Kier alpha value is -6.94. The number of furan rings is 1. The molecule has 0 atom stereocenters. The number of benzene rings is 9. The Morgan fingerprint density at radius 2 is 0.982 bits per heavy atom. The van der Waals surface area contributed by atoms with Crippen LogP contribution in [0.15, 0.2) is 205 Å². The molecule has 9 aromatic carbocycles. The summed E-state index contributed by atoms with van der Waals surface area (Å²) in [6, 6.07) is 72.2. The fraction of sp³-hybridized carbons (Fsp3) is 0. The van der Waals surface area contributed by atoms with E-state index in [0.717, 1.165) is 44.4 Å². The number of rotatable bonds is 6. The largest absolute Gasteiger partial charge is 0.454 e. The molecular formula is C52H33NOS. The number of anilines is 3. The summed E-state index contributed by atoms with van der Waals surface area (Å²) >= 11 is 1.86. The zero-order valence-corrected chi connectivity index (χ0v) is 30.6. The molecule has 2 aromatic heterocycles. The van der Waals surface area contributed by atoms with E-state index in [4.69, 9.17) is 4.42 Å². The van der Waals surface area contributed by atoms with Crippen LogP contribution < -0.4 is 4.90 Å². The van der Waals surface area contributed by atoms with Gasteiger partial charge in [-0.15, -0.1) is 11.3 Å². The summed E-state index contributed by atoms with van der Waals surface area (Å²) in [4.78, 5) is 2.40. The zero-order chi connectivity index (χ0) is 36.3. The van der Waals surface area contributed by atoms with Gasteiger partial charge in [0.25, 0.3) is 0 Å². The van der Waals surface area contributed by atoms with E-state index in [0.29, 0.717) is 0 Å². The first-order valence-corrected chi connectivity index (χ1v) is 19.5. The third-order valence-electron chi connectivity index (χ3n) is 10.9. The van der Waals surface area contributed by atoms with Crippen LogP contribution in [-0.2, 0) is 0 Å². The van der Waals surface area contributed by atoms with Crippen molar-refractivity contribution >= 4 is 81.3 Å². The van der Waals surface area contributed by atoms with Crippen molar-refractivity contribution in [2.75, 3.05) is 4.90 Å². The molecule has 0 N–H and O–H groups in total. The molecule has 2 nitrogen and oxygen atoms in total. The van der Waals surface area contributed by atoms with E-state index in [2.05, 4.69) is 199 Å². The Balaban J connectivity index is 1.20. The smallest absolute Gasteiger partial charge is 0.159 e. The molecule has 0 spiro atoms. The van der Waals surface area contributed by atoms with Crippen LogP contribution in [0.3, 0.4) is 0 Å². The van der Waals surface area contributed by atoms with Crippen molar-refractivity contribution in [3.63, 3.8) is 0 Å². The normalized spacial score (nSPS) is 11.6. The maximum Gasteiger partial charge on any atom is 0.159 e. The minimum absolute atomic E-state index is 0.861. The molecule has 55 heavy (non-hydrogen) atoms. The number of para-hydroxylation sites is 2. The van der Waals surface area contributed by atoms with Crippen molar-refractivity contribution in [2.24, 2.45) is 0 Å². The lowest BCUT2D eigenvalue weighted by atomic mass is 9.92. The van der Waals surface area contributed by atoms with Crippen LogP contribution in [0.1, 0.15) is 0 Å².